The Bertz CT molecular complexity index is 662. The van der Waals surface area contributed by atoms with Gasteiger partial charge in [0.2, 0.25) is 0 Å². The Morgan fingerprint density at radius 2 is 1.70 bits per heavy atom. The van der Waals surface area contributed by atoms with E-state index >= 15 is 0 Å². The Hall–Kier alpha value is -1.73. The topological polar surface area (TPSA) is 68.8 Å². The third-order valence-corrected chi connectivity index (χ3v) is 6.69. The van der Waals surface area contributed by atoms with Crippen LogP contribution < -0.4 is 15.4 Å². The molecule has 2 rings (SSSR count). The molecule has 6 nitrogen and oxygen atoms in total. The highest BCUT2D eigenvalue weighted by molar-refractivity contribution is 6.76. The monoisotopic (exact) mass is 436 g/mol. The zero-order valence-electron chi connectivity index (χ0n) is 19.5. The molecule has 1 amide bonds. The molecule has 1 aliphatic carbocycles. The number of hydrogen-bond acceptors (Lipinski definition) is 5. The number of nitrogens with one attached hydrogen (secondary N) is 2. The number of ether oxygens (including phenoxy) is 3. The second-order valence-electron chi connectivity index (χ2n) is 10.3. The van der Waals surface area contributed by atoms with Crippen LogP contribution in [0.3, 0.4) is 0 Å². The van der Waals surface area contributed by atoms with Gasteiger partial charge >= 0.3 is 6.09 Å². The summed E-state index contributed by atoms with van der Waals surface area (Å²) in [5, 5.41) is 6.60. The van der Waals surface area contributed by atoms with Crippen molar-refractivity contribution in [2.75, 3.05) is 18.7 Å². The molecule has 1 aliphatic rings. The summed E-state index contributed by atoms with van der Waals surface area (Å²) >= 11 is 0. The molecule has 30 heavy (non-hydrogen) atoms. The molecule has 0 aromatic heterocycles. The predicted octanol–water partition coefficient (Wildman–Crippen LogP) is 5.63. The fourth-order valence-electron chi connectivity index (χ4n) is 3.33. The van der Waals surface area contributed by atoms with E-state index in [9.17, 15) is 4.79 Å². The van der Waals surface area contributed by atoms with Gasteiger partial charge in [-0.1, -0.05) is 31.8 Å². The van der Waals surface area contributed by atoms with Crippen LogP contribution in [0.25, 0.3) is 0 Å². The van der Waals surface area contributed by atoms with Crippen molar-refractivity contribution in [1.29, 1.82) is 0 Å². The first-order valence-electron chi connectivity index (χ1n) is 11.1. The first kappa shape index (κ1) is 24.5. The maximum atomic E-state index is 12.0. The van der Waals surface area contributed by atoms with Gasteiger partial charge in [0.25, 0.3) is 0 Å². The molecule has 0 unspecified atom stereocenters. The second-order valence-corrected chi connectivity index (χ2v) is 15.9. The molecular weight excluding hydrogens is 396 g/mol. The van der Waals surface area contributed by atoms with Crippen molar-refractivity contribution in [1.82, 2.24) is 5.32 Å². The van der Waals surface area contributed by atoms with Crippen LogP contribution in [-0.2, 0) is 9.47 Å². The lowest BCUT2D eigenvalue weighted by Crippen LogP contribution is -2.42. The number of benzene rings is 1. The summed E-state index contributed by atoms with van der Waals surface area (Å²) in [5.74, 6) is 0.819. The first-order valence-corrected chi connectivity index (χ1v) is 14.8. The van der Waals surface area contributed by atoms with Crippen LogP contribution in [0.2, 0.25) is 25.7 Å². The van der Waals surface area contributed by atoms with Crippen LogP contribution in [0.5, 0.6) is 5.75 Å². The lowest BCUT2D eigenvalue weighted by atomic mass is 9.91. The molecule has 0 atom stereocenters. The van der Waals surface area contributed by atoms with Crippen molar-refractivity contribution < 1.29 is 19.0 Å². The smallest absolute Gasteiger partial charge is 0.407 e. The Labute approximate surface area is 183 Å². The molecule has 0 spiro atoms. The molecule has 1 fully saturated rings. The number of carbonyl (C=O) groups excluding carboxylic acids is 1. The molecule has 1 aromatic carbocycles. The van der Waals surface area contributed by atoms with Crippen molar-refractivity contribution in [3.05, 3.63) is 24.3 Å². The Balaban J connectivity index is 1.75. The van der Waals surface area contributed by atoms with E-state index in [2.05, 4.69) is 30.3 Å². The minimum atomic E-state index is -1.08. The van der Waals surface area contributed by atoms with E-state index in [1.165, 1.54) is 0 Å². The van der Waals surface area contributed by atoms with Crippen LogP contribution in [-0.4, -0.2) is 45.3 Å². The summed E-state index contributed by atoms with van der Waals surface area (Å²) < 4.78 is 16.9. The Kier molecular flexibility index (Phi) is 9.03. The van der Waals surface area contributed by atoms with E-state index in [-0.39, 0.29) is 18.9 Å². The third-order valence-electron chi connectivity index (χ3n) is 4.99. The number of amides is 1. The van der Waals surface area contributed by atoms with E-state index in [1.807, 2.05) is 45.0 Å². The van der Waals surface area contributed by atoms with Gasteiger partial charge in [-0.2, -0.15) is 0 Å². The SMILES string of the molecule is CC(C)(C)OC(=O)N[C@H]1CC[C@H](Nc2ccccc2OCOCC[Si](C)(C)C)CC1. The molecule has 1 aromatic rings. The van der Waals surface area contributed by atoms with Crippen LogP contribution in [0, 0.1) is 0 Å². The lowest BCUT2D eigenvalue weighted by Gasteiger charge is -2.31. The van der Waals surface area contributed by atoms with Crippen molar-refractivity contribution >= 4 is 19.9 Å². The fraction of sp³-hybridized carbons (Fsp3) is 0.696. The van der Waals surface area contributed by atoms with E-state index in [0.29, 0.717) is 6.04 Å². The number of alkyl carbamates (subject to hydrolysis) is 1. The van der Waals surface area contributed by atoms with Crippen LogP contribution in [0.15, 0.2) is 24.3 Å². The van der Waals surface area contributed by atoms with Gasteiger partial charge < -0.3 is 24.8 Å². The molecular formula is C23H40N2O4Si. The molecule has 0 aliphatic heterocycles. The average molecular weight is 437 g/mol. The molecule has 7 heteroatoms. The average Bonchev–Trinajstić information content (AvgIpc) is 2.62. The summed E-state index contributed by atoms with van der Waals surface area (Å²) in [4.78, 5) is 12.0. The molecule has 0 bridgehead atoms. The largest absolute Gasteiger partial charge is 0.465 e. The van der Waals surface area contributed by atoms with Gasteiger partial charge in [0.1, 0.15) is 11.4 Å². The molecule has 0 saturated heterocycles. The van der Waals surface area contributed by atoms with Gasteiger partial charge in [-0.15, -0.1) is 0 Å². The normalized spacial score (nSPS) is 19.8. The lowest BCUT2D eigenvalue weighted by molar-refractivity contribution is 0.0224. The van der Waals surface area contributed by atoms with E-state index < -0.39 is 13.7 Å². The van der Waals surface area contributed by atoms with Crippen LogP contribution in [0.4, 0.5) is 10.5 Å². The van der Waals surface area contributed by atoms with E-state index in [1.54, 1.807) is 0 Å². The van der Waals surface area contributed by atoms with Gasteiger partial charge in [0.05, 0.1) is 5.69 Å². The van der Waals surface area contributed by atoms with Gasteiger partial charge in [-0.05, 0) is 64.6 Å². The Morgan fingerprint density at radius 3 is 2.33 bits per heavy atom. The molecule has 0 heterocycles. The van der Waals surface area contributed by atoms with Crippen LogP contribution >= 0.6 is 0 Å². The summed E-state index contributed by atoms with van der Waals surface area (Å²) in [5.41, 5.74) is 0.528. The van der Waals surface area contributed by atoms with Crippen molar-refractivity contribution in [3.63, 3.8) is 0 Å². The zero-order valence-corrected chi connectivity index (χ0v) is 20.5. The second kappa shape index (κ2) is 11.0. The van der Waals surface area contributed by atoms with Crippen molar-refractivity contribution in [2.24, 2.45) is 0 Å². The number of para-hydroxylation sites is 2. The van der Waals surface area contributed by atoms with E-state index in [4.69, 9.17) is 14.2 Å². The van der Waals surface area contributed by atoms with Crippen molar-refractivity contribution in [3.8, 4) is 5.75 Å². The standard InChI is InChI=1S/C23H40N2O4Si/c1-23(2,3)29-22(26)25-19-13-11-18(12-14-19)24-20-9-7-8-10-21(20)28-17-27-15-16-30(4,5)6/h7-10,18-19,24H,11-17H2,1-6H3,(H,25,26)/t18-,19-. The predicted molar refractivity (Wildman–Crippen MR) is 125 cm³/mol. The molecule has 2 N–H and O–H groups in total. The number of hydrogen-bond donors (Lipinski definition) is 2. The highest BCUT2D eigenvalue weighted by Gasteiger charge is 2.25. The summed E-state index contributed by atoms with van der Waals surface area (Å²) in [6, 6.07) is 9.67. The number of anilines is 1. The molecule has 1 saturated carbocycles. The maximum Gasteiger partial charge on any atom is 0.407 e. The third kappa shape index (κ3) is 9.85. The summed E-state index contributed by atoms with van der Waals surface area (Å²) in [6.07, 6.45) is 3.51. The number of carbonyl (C=O) groups is 1. The van der Waals surface area contributed by atoms with E-state index in [0.717, 1.165) is 49.8 Å². The maximum absolute atomic E-state index is 12.0. The van der Waals surface area contributed by atoms with Gasteiger partial charge in [-0.3, -0.25) is 0 Å². The highest BCUT2D eigenvalue weighted by atomic mass is 28.3. The van der Waals surface area contributed by atoms with Crippen LogP contribution in [0.1, 0.15) is 46.5 Å². The first-order chi connectivity index (χ1) is 14.0. The van der Waals surface area contributed by atoms with Gasteiger partial charge in [0.15, 0.2) is 6.79 Å². The van der Waals surface area contributed by atoms with Crippen molar-refractivity contribution in [2.45, 2.75) is 89.8 Å². The zero-order chi connectivity index (χ0) is 22.2. The fourth-order valence-corrected chi connectivity index (χ4v) is 4.09. The highest BCUT2D eigenvalue weighted by Crippen LogP contribution is 2.28. The summed E-state index contributed by atoms with van der Waals surface area (Å²) in [7, 11) is -1.08. The summed E-state index contributed by atoms with van der Waals surface area (Å²) in [6.45, 7) is 13.7. The number of rotatable bonds is 9. The quantitative estimate of drug-likeness (QED) is 0.298. The van der Waals surface area contributed by atoms with Gasteiger partial charge in [0, 0.05) is 26.8 Å². The Morgan fingerprint density at radius 1 is 1.07 bits per heavy atom. The molecule has 0 radical (unpaired) electrons. The van der Waals surface area contributed by atoms with Gasteiger partial charge in [-0.25, -0.2) is 4.79 Å². The molecule has 170 valence electrons. The minimum Gasteiger partial charge on any atom is -0.465 e. The minimum absolute atomic E-state index is 0.171.